The van der Waals surface area contributed by atoms with Crippen LogP contribution < -0.4 is 10.0 Å². The minimum atomic E-state index is -3.22. The summed E-state index contributed by atoms with van der Waals surface area (Å²) in [7, 11) is -1.25. The first-order valence-electron chi connectivity index (χ1n) is 6.56. The molecule has 0 atom stereocenters. The Morgan fingerprint density at radius 1 is 1.00 bits per heavy atom. The Kier molecular flexibility index (Phi) is 4.41. The van der Waals surface area contributed by atoms with Gasteiger partial charge in [0, 0.05) is 25.2 Å². The molecule has 0 aromatic rings. The van der Waals surface area contributed by atoms with Crippen LogP contribution >= 0.6 is 0 Å². The molecule has 0 unspecified atom stereocenters. The van der Waals surface area contributed by atoms with Crippen molar-refractivity contribution in [2.75, 3.05) is 20.1 Å². The molecule has 0 aromatic carbocycles. The van der Waals surface area contributed by atoms with Crippen molar-refractivity contribution < 1.29 is 8.42 Å². The fourth-order valence-electron chi connectivity index (χ4n) is 2.71. The molecule has 1 aliphatic carbocycles. The van der Waals surface area contributed by atoms with E-state index in [-0.39, 0.29) is 6.04 Å². The topological polar surface area (TPSA) is 61.4 Å². The predicted octanol–water partition coefficient (Wildman–Crippen LogP) is 0.447. The normalized spacial score (nSPS) is 31.8. The minimum Gasteiger partial charge on any atom is -0.317 e. The maximum absolute atomic E-state index is 12.1. The van der Waals surface area contributed by atoms with E-state index in [9.17, 15) is 8.42 Å². The van der Waals surface area contributed by atoms with Crippen LogP contribution in [0.25, 0.3) is 0 Å². The molecule has 2 N–H and O–H groups in total. The Morgan fingerprint density at radius 2 is 1.53 bits per heavy atom. The molecule has 100 valence electrons. The maximum Gasteiger partial charge on any atom is 0.279 e. The van der Waals surface area contributed by atoms with Gasteiger partial charge in [-0.1, -0.05) is 0 Å². The Labute approximate surface area is 104 Å². The van der Waals surface area contributed by atoms with E-state index in [0.29, 0.717) is 19.1 Å². The van der Waals surface area contributed by atoms with Gasteiger partial charge in [0.25, 0.3) is 10.2 Å². The van der Waals surface area contributed by atoms with Gasteiger partial charge >= 0.3 is 0 Å². The Morgan fingerprint density at radius 3 is 2.06 bits per heavy atom. The van der Waals surface area contributed by atoms with Crippen LogP contribution in [-0.2, 0) is 10.2 Å². The van der Waals surface area contributed by atoms with Crippen LogP contribution in [0.2, 0.25) is 0 Å². The molecular weight excluding hydrogens is 238 g/mol. The van der Waals surface area contributed by atoms with E-state index in [1.54, 1.807) is 4.31 Å². The zero-order valence-electron chi connectivity index (χ0n) is 10.5. The molecule has 1 aliphatic heterocycles. The molecule has 6 heteroatoms. The summed E-state index contributed by atoms with van der Waals surface area (Å²) in [6.45, 7) is 1.36. The van der Waals surface area contributed by atoms with E-state index in [1.165, 1.54) is 0 Å². The standard InChI is InChI=1S/C11H23N3O2S/c1-12-10-4-6-11(7-5-10)13-17(15,16)14-8-2-3-9-14/h10-13H,2-9H2,1H3. The van der Waals surface area contributed by atoms with Crippen molar-refractivity contribution in [3.8, 4) is 0 Å². The van der Waals surface area contributed by atoms with Crippen LogP contribution in [0, 0.1) is 0 Å². The summed E-state index contributed by atoms with van der Waals surface area (Å²) in [6, 6.07) is 0.688. The first-order chi connectivity index (χ1) is 8.12. The van der Waals surface area contributed by atoms with E-state index in [0.717, 1.165) is 38.5 Å². The van der Waals surface area contributed by atoms with Gasteiger partial charge in [0.15, 0.2) is 0 Å². The van der Waals surface area contributed by atoms with Crippen molar-refractivity contribution in [2.45, 2.75) is 50.6 Å². The third kappa shape index (κ3) is 3.40. The second-order valence-corrected chi connectivity index (χ2v) is 6.77. The molecule has 0 amide bonds. The van der Waals surface area contributed by atoms with Crippen molar-refractivity contribution in [3.63, 3.8) is 0 Å². The van der Waals surface area contributed by atoms with E-state index in [4.69, 9.17) is 0 Å². The van der Waals surface area contributed by atoms with E-state index in [1.807, 2.05) is 7.05 Å². The Hall–Kier alpha value is -0.170. The predicted molar refractivity (Wildman–Crippen MR) is 68.0 cm³/mol. The molecule has 0 bridgehead atoms. The van der Waals surface area contributed by atoms with Gasteiger partial charge in [0.05, 0.1) is 0 Å². The van der Waals surface area contributed by atoms with Crippen molar-refractivity contribution in [3.05, 3.63) is 0 Å². The molecule has 0 radical (unpaired) electrons. The molecule has 1 saturated carbocycles. The van der Waals surface area contributed by atoms with Gasteiger partial charge in [-0.15, -0.1) is 0 Å². The van der Waals surface area contributed by atoms with Crippen molar-refractivity contribution in [1.29, 1.82) is 0 Å². The van der Waals surface area contributed by atoms with Crippen LogP contribution in [0.5, 0.6) is 0 Å². The SMILES string of the molecule is CNC1CCC(NS(=O)(=O)N2CCCC2)CC1. The zero-order valence-corrected chi connectivity index (χ0v) is 11.3. The number of rotatable bonds is 4. The average molecular weight is 261 g/mol. The molecule has 2 fully saturated rings. The highest BCUT2D eigenvalue weighted by molar-refractivity contribution is 7.87. The molecule has 17 heavy (non-hydrogen) atoms. The van der Waals surface area contributed by atoms with Gasteiger partial charge in [-0.25, -0.2) is 0 Å². The highest BCUT2D eigenvalue weighted by Gasteiger charge is 2.29. The fourth-order valence-corrected chi connectivity index (χ4v) is 4.26. The quantitative estimate of drug-likeness (QED) is 0.772. The molecular formula is C11H23N3O2S. The van der Waals surface area contributed by atoms with Gasteiger partial charge in [-0.3, -0.25) is 0 Å². The van der Waals surface area contributed by atoms with Crippen LogP contribution in [0.15, 0.2) is 0 Å². The third-order valence-electron chi connectivity index (χ3n) is 3.86. The Balaban J connectivity index is 1.84. The van der Waals surface area contributed by atoms with Crippen LogP contribution in [-0.4, -0.2) is 44.9 Å². The smallest absolute Gasteiger partial charge is 0.279 e. The maximum atomic E-state index is 12.1. The largest absolute Gasteiger partial charge is 0.317 e. The zero-order chi connectivity index (χ0) is 12.3. The monoisotopic (exact) mass is 261 g/mol. The molecule has 2 aliphatic rings. The molecule has 0 spiro atoms. The molecule has 1 saturated heterocycles. The first-order valence-corrected chi connectivity index (χ1v) is 8.00. The number of hydrogen-bond donors (Lipinski definition) is 2. The van der Waals surface area contributed by atoms with Crippen LogP contribution in [0.4, 0.5) is 0 Å². The van der Waals surface area contributed by atoms with Gasteiger partial charge in [0.1, 0.15) is 0 Å². The number of hydrogen-bond acceptors (Lipinski definition) is 3. The Bertz CT molecular complexity index is 331. The fraction of sp³-hybridized carbons (Fsp3) is 1.00. The van der Waals surface area contributed by atoms with E-state index >= 15 is 0 Å². The van der Waals surface area contributed by atoms with Gasteiger partial charge in [-0.05, 0) is 45.6 Å². The lowest BCUT2D eigenvalue weighted by atomic mass is 9.92. The number of nitrogens with zero attached hydrogens (tertiary/aromatic N) is 1. The minimum absolute atomic E-state index is 0.130. The van der Waals surface area contributed by atoms with Crippen LogP contribution in [0.3, 0.4) is 0 Å². The van der Waals surface area contributed by atoms with E-state index < -0.39 is 10.2 Å². The third-order valence-corrected chi connectivity index (χ3v) is 5.53. The van der Waals surface area contributed by atoms with Crippen LogP contribution in [0.1, 0.15) is 38.5 Å². The van der Waals surface area contributed by atoms with Crippen molar-refractivity contribution in [1.82, 2.24) is 14.3 Å². The van der Waals surface area contributed by atoms with Gasteiger partial charge < -0.3 is 5.32 Å². The van der Waals surface area contributed by atoms with Crippen molar-refractivity contribution in [2.24, 2.45) is 0 Å². The average Bonchev–Trinajstić information content (AvgIpc) is 2.84. The lowest BCUT2D eigenvalue weighted by Crippen LogP contribution is -2.46. The second-order valence-electron chi connectivity index (χ2n) is 5.07. The van der Waals surface area contributed by atoms with Gasteiger partial charge in [-0.2, -0.15) is 17.4 Å². The summed E-state index contributed by atoms with van der Waals surface area (Å²) in [5, 5.41) is 3.25. The highest BCUT2D eigenvalue weighted by Crippen LogP contribution is 2.20. The second kappa shape index (κ2) is 5.65. The number of nitrogens with one attached hydrogen (secondary N) is 2. The van der Waals surface area contributed by atoms with E-state index in [2.05, 4.69) is 10.0 Å². The van der Waals surface area contributed by atoms with Gasteiger partial charge in [0.2, 0.25) is 0 Å². The summed E-state index contributed by atoms with van der Waals surface area (Å²) >= 11 is 0. The lowest BCUT2D eigenvalue weighted by Gasteiger charge is -2.30. The summed E-state index contributed by atoms with van der Waals surface area (Å²) in [6.07, 6.45) is 5.99. The van der Waals surface area contributed by atoms with Crippen molar-refractivity contribution >= 4 is 10.2 Å². The summed E-state index contributed by atoms with van der Waals surface area (Å²) in [5.41, 5.74) is 0. The lowest BCUT2D eigenvalue weighted by molar-refractivity contribution is 0.336. The molecule has 2 rings (SSSR count). The molecule has 0 aromatic heterocycles. The molecule has 5 nitrogen and oxygen atoms in total. The summed E-state index contributed by atoms with van der Waals surface area (Å²) in [5.74, 6) is 0. The molecule has 1 heterocycles. The summed E-state index contributed by atoms with van der Waals surface area (Å²) < 4.78 is 28.5. The summed E-state index contributed by atoms with van der Waals surface area (Å²) in [4.78, 5) is 0. The first kappa shape index (κ1) is 13.3. The highest BCUT2D eigenvalue weighted by atomic mass is 32.2.